The van der Waals surface area contributed by atoms with Crippen LogP contribution in [0, 0.1) is 0 Å². The van der Waals surface area contributed by atoms with Gasteiger partial charge in [0, 0.05) is 0 Å². The lowest BCUT2D eigenvalue weighted by molar-refractivity contribution is -0.143. The molecule has 1 N–H and O–H groups in total. The Morgan fingerprint density at radius 2 is 0.852 bits per heavy atom. The number of phenols is 1. The van der Waals surface area contributed by atoms with Crippen LogP contribution in [0.25, 0.3) is 12.2 Å². The lowest BCUT2D eigenvalue weighted by atomic mass is 10.0. The average Bonchev–Trinajstić information content (AvgIpc) is 2.49. The van der Waals surface area contributed by atoms with E-state index in [1.54, 1.807) is 0 Å². The average molecular weight is 400 g/mol. The van der Waals surface area contributed by atoms with Gasteiger partial charge in [0.2, 0.25) is 0 Å². The summed E-state index contributed by atoms with van der Waals surface area (Å²) in [7, 11) is 0. The van der Waals surface area contributed by atoms with Gasteiger partial charge in [0.05, 0.1) is 16.7 Å². The minimum absolute atomic E-state index is 0.0621. The molecule has 0 fully saturated rings. The van der Waals surface area contributed by atoms with Crippen LogP contribution in [0.1, 0.15) is 27.8 Å². The van der Waals surface area contributed by atoms with E-state index in [4.69, 9.17) is 0 Å². The zero-order chi connectivity index (χ0) is 20.6. The maximum Gasteiger partial charge on any atom is 0.416 e. The van der Waals surface area contributed by atoms with E-state index in [1.165, 1.54) is 0 Å². The lowest BCUT2D eigenvalue weighted by Crippen LogP contribution is -2.11. The van der Waals surface area contributed by atoms with Crippen LogP contribution in [0.3, 0.4) is 0 Å². The first kappa shape index (κ1) is 20.7. The normalized spacial score (nSPS) is 13.4. The third-order valence-corrected chi connectivity index (χ3v) is 3.35. The summed E-state index contributed by atoms with van der Waals surface area (Å²) in [6.07, 6.45) is -13.2. The third kappa shape index (κ3) is 5.41. The fourth-order valence-electron chi connectivity index (χ4n) is 2.16. The molecule has 10 heteroatoms. The Labute approximate surface area is 146 Å². The van der Waals surface area contributed by atoms with Crippen LogP contribution in [0.15, 0.2) is 36.4 Å². The van der Waals surface area contributed by atoms with E-state index in [9.17, 15) is 44.6 Å². The Bertz CT molecular complexity index is 826. The van der Waals surface area contributed by atoms with Crippen molar-refractivity contribution in [1.29, 1.82) is 0 Å². The molecule has 0 aliphatic rings. The van der Waals surface area contributed by atoms with Crippen molar-refractivity contribution in [2.45, 2.75) is 18.5 Å². The van der Waals surface area contributed by atoms with Gasteiger partial charge in [-0.3, -0.25) is 0 Å². The number of hydrogen-bond donors (Lipinski definition) is 1. The van der Waals surface area contributed by atoms with Crippen LogP contribution >= 0.6 is 0 Å². The second kappa shape index (κ2) is 6.82. The topological polar surface area (TPSA) is 20.2 Å². The van der Waals surface area contributed by atoms with E-state index >= 15 is 0 Å². The number of benzene rings is 2. The first-order chi connectivity index (χ1) is 12.2. The summed E-state index contributed by atoms with van der Waals surface area (Å²) in [4.78, 5) is 0. The molecular formula is C17H9F9O. The van der Waals surface area contributed by atoms with Crippen LogP contribution in [0.5, 0.6) is 5.75 Å². The molecule has 0 radical (unpaired) electrons. The summed E-state index contributed by atoms with van der Waals surface area (Å²) in [5, 5.41) is 9.32. The van der Waals surface area contributed by atoms with Gasteiger partial charge in [0.15, 0.2) is 0 Å². The summed E-state index contributed by atoms with van der Waals surface area (Å²) < 4.78 is 115. The predicted molar refractivity (Wildman–Crippen MR) is 78.5 cm³/mol. The molecule has 0 aliphatic heterocycles. The zero-order valence-electron chi connectivity index (χ0n) is 13.0. The molecule has 0 bridgehead atoms. The van der Waals surface area contributed by atoms with Crippen LogP contribution in [0.4, 0.5) is 39.5 Å². The summed E-state index contributed by atoms with van der Waals surface area (Å²) in [6, 6.07) is 2.70. The number of aromatic hydroxyl groups is 1. The second-order valence-corrected chi connectivity index (χ2v) is 5.48. The maximum atomic E-state index is 12.8. The van der Waals surface area contributed by atoms with Gasteiger partial charge in [-0.05, 0) is 47.5 Å². The monoisotopic (exact) mass is 400 g/mol. The molecule has 0 atom stereocenters. The van der Waals surface area contributed by atoms with Gasteiger partial charge in [-0.2, -0.15) is 39.5 Å². The molecule has 0 aromatic heterocycles. The molecule has 146 valence electrons. The van der Waals surface area contributed by atoms with Gasteiger partial charge in [0.1, 0.15) is 5.75 Å². The van der Waals surface area contributed by atoms with Crippen LogP contribution in [0.2, 0.25) is 0 Å². The summed E-state index contributed by atoms with van der Waals surface area (Å²) >= 11 is 0. The Balaban J connectivity index is 2.49. The van der Waals surface area contributed by atoms with Gasteiger partial charge in [-0.25, -0.2) is 0 Å². The molecule has 27 heavy (non-hydrogen) atoms. The van der Waals surface area contributed by atoms with Crippen LogP contribution < -0.4 is 0 Å². The van der Waals surface area contributed by atoms with E-state index < -0.39 is 46.5 Å². The molecule has 2 aromatic carbocycles. The molecule has 0 saturated heterocycles. The fourth-order valence-corrected chi connectivity index (χ4v) is 2.16. The third-order valence-electron chi connectivity index (χ3n) is 3.35. The van der Waals surface area contributed by atoms with E-state index in [-0.39, 0.29) is 11.6 Å². The molecule has 0 aliphatic carbocycles. The zero-order valence-corrected chi connectivity index (χ0v) is 13.0. The van der Waals surface area contributed by atoms with Gasteiger partial charge in [0.25, 0.3) is 0 Å². The number of alkyl halides is 9. The van der Waals surface area contributed by atoms with Crippen molar-refractivity contribution >= 4 is 12.2 Å². The van der Waals surface area contributed by atoms with Crippen molar-refractivity contribution in [3.63, 3.8) is 0 Å². The maximum absolute atomic E-state index is 12.8. The highest BCUT2D eigenvalue weighted by Crippen LogP contribution is 2.37. The van der Waals surface area contributed by atoms with Crippen molar-refractivity contribution < 1.29 is 44.6 Å². The number of hydrogen-bond acceptors (Lipinski definition) is 1. The SMILES string of the molecule is Oc1cc(/C=C/c2cc(C(F)(F)F)cc(C(F)(F)F)c2)cc(C(F)(F)F)c1. The van der Waals surface area contributed by atoms with Crippen LogP contribution in [-0.2, 0) is 18.5 Å². The molecule has 0 saturated carbocycles. The summed E-state index contributed by atoms with van der Waals surface area (Å²) in [5.74, 6) is -0.760. The quantitative estimate of drug-likeness (QED) is 0.444. The Hall–Kier alpha value is -2.65. The first-order valence-electron chi connectivity index (χ1n) is 7.05. The minimum Gasteiger partial charge on any atom is -0.508 e. The molecule has 1 nitrogen and oxygen atoms in total. The van der Waals surface area contributed by atoms with Crippen molar-refractivity contribution in [2.24, 2.45) is 0 Å². The largest absolute Gasteiger partial charge is 0.508 e. The summed E-state index contributed by atoms with van der Waals surface area (Å²) in [5.41, 5.74) is -5.10. The molecular weight excluding hydrogens is 391 g/mol. The summed E-state index contributed by atoms with van der Waals surface area (Å²) in [6.45, 7) is 0. The van der Waals surface area contributed by atoms with Crippen molar-refractivity contribution in [3.05, 3.63) is 64.2 Å². The van der Waals surface area contributed by atoms with Gasteiger partial charge in [-0.1, -0.05) is 12.2 Å². The standard InChI is InChI=1S/C17H9F9O/c18-15(19,20)11-3-9(4-12(7-11)16(21,22)23)1-2-10-5-13(17(24,25)26)8-14(27)6-10/h1-8,27H/b2-1+. The van der Waals surface area contributed by atoms with E-state index in [2.05, 4.69) is 0 Å². The van der Waals surface area contributed by atoms with Crippen LogP contribution in [-0.4, -0.2) is 5.11 Å². The Kier molecular flexibility index (Phi) is 5.22. The second-order valence-electron chi connectivity index (χ2n) is 5.48. The highest BCUT2D eigenvalue weighted by Gasteiger charge is 2.36. The van der Waals surface area contributed by atoms with Crippen molar-refractivity contribution in [1.82, 2.24) is 0 Å². The Morgan fingerprint density at radius 1 is 0.519 bits per heavy atom. The van der Waals surface area contributed by atoms with Gasteiger partial charge >= 0.3 is 18.5 Å². The van der Waals surface area contributed by atoms with E-state index in [0.717, 1.165) is 18.2 Å². The molecule has 2 aromatic rings. The molecule has 0 heterocycles. The van der Waals surface area contributed by atoms with E-state index in [1.807, 2.05) is 0 Å². The van der Waals surface area contributed by atoms with Crippen molar-refractivity contribution in [2.75, 3.05) is 0 Å². The lowest BCUT2D eigenvalue weighted by Gasteiger charge is -2.13. The van der Waals surface area contributed by atoms with Gasteiger partial charge in [-0.15, -0.1) is 0 Å². The number of halogens is 9. The minimum atomic E-state index is -5.04. The van der Waals surface area contributed by atoms with Gasteiger partial charge < -0.3 is 5.11 Å². The number of rotatable bonds is 2. The fraction of sp³-hybridized carbons (Fsp3) is 0.176. The number of phenolic OH excluding ortho intramolecular Hbond substituents is 1. The highest BCUT2D eigenvalue weighted by atomic mass is 19.4. The predicted octanol–water partition coefficient (Wildman–Crippen LogP) is 6.62. The molecule has 0 amide bonds. The molecule has 2 rings (SSSR count). The Morgan fingerprint density at radius 3 is 1.22 bits per heavy atom. The molecule has 0 spiro atoms. The smallest absolute Gasteiger partial charge is 0.416 e. The van der Waals surface area contributed by atoms with Crippen molar-refractivity contribution in [3.8, 4) is 5.75 Å². The highest BCUT2D eigenvalue weighted by molar-refractivity contribution is 5.71. The van der Waals surface area contributed by atoms with E-state index in [0.29, 0.717) is 24.3 Å². The molecule has 0 unspecified atom stereocenters. The first-order valence-corrected chi connectivity index (χ1v) is 7.05.